The molecular formula is C25H25F3N2O2S. The number of carbonyl (C=O) groups is 1. The predicted octanol–water partition coefficient (Wildman–Crippen LogP) is 7.26. The number of fused-ring (bicyclic) bond motifs is 2. The molecule has 0 aliphatic rings. The van der Waals surface area contributed by atoms with Crippen LogP contribution in [-0.4, -0.2) is 18.1 Å². The quantitative estimate of drug-likeness (QED) is 0.306. The zero-order valence-corrected chi connectivity index (χ0v) is 19.9. The van der Waals surface area contributed by atoms with E-state index < -0.39 is 11.7 Å². The van der Waals surface area contributed by atoms with Gasteiger partial charge in [0.05, 0.1) is 16.9 Å². The Bertz CT molecular complexity index is 1350. The second-order valence-electron chi connectivity index (χ2n) is 8.64. The van der Waals surface area contributed by atoms with Gasteiger partial charge in [-0.25, -0.2) is 0 Å². The van der Waals surface area contributed by atoms with Gasteiger partial charge in [-0.3, -0.25) is 4.79 Å². The van der Waals surface area contributed by atoms with Crippen LogP contribution in [0.3, 0.4) is 0 Å². The van der Waals surface area contributed by atoms with E-state index in [0.717, 1.165) is 44.2 Å². The van der Waals surface area contributed by atoms with Crippen molar-refractivity contribution in [2.75, 3.05) is 11.9 Å². The number of hydrogen-bond donors (Lipinski definition) is 0. The van der Waals surface area contributed by atoms with Crippen LogP contribution in [0.1, 0.15) is 54.0 Å². The fourth-order valence-corrected chi connectivity index (χ4v) is 5.64. The topological polar surface area (TPSA) is 46.3 Å². The summed E-state index contributed by atoms with van der Waals surface area (Å²) in [5.74, 6) is 0.114. The van der Waals surface area contributed by atoms with Gasteiger partial charge in [-0.1, -0.05) is 25.1 Å². The molecule has 0 saturated carbocycles. The number of halogens is 3. The second-order valence-corrected chi connectivity index (χ2v) is 9.78. The summed E-state index contributed by atoms with van der Waals surface area (Å²) in [6.45, 7) is 7.56. The first-order valence-corrected chi connectivity index (χ1v) is 11.5. The van der Waals surface area contributed by atoms with Crippen molar-refractivity contribution in [1.82, 2.24) is 5.16 Å². The number of anilines is 1. The number of benzene rings is 2. The number of carbonyl (C=O) groups excluding carboxylic acids is 1. The average molecular weight is 475 g/mol. The van der Waals surface area contributed by atoms with E-state index in [2.05, 4.69) is 19.0 Å². The minimum Gasteiger partial charge on any atom is -0.356 e. The molecule has 0 N–H and O–H groups in total. The maximum Gasteiger partial charge on any atom is 0.416 e. The molecule has 33 heavy (non-hydrogen) atoms. The lowest BCUT2D eigenvalue weighted by Gasteiger charge is -2.17. The van der Waals surface area contributed by atoms with Crippen molar-refractivity contribution in [1.29, 1.82) is 0 Å². The highest BCUT2D eigenvalue weighted by molar-refractivity contribution is 7.19. The van der Waals surface area contributed by atoms with Gasteiger partial charge in [0.2, 0.25) is 5.91 Å². The SMILES string of the molecule is CC(=O)N(C)c1cc2onc(CCc3sc4cc(C(F)(F)F)ccc4c3C(C)C)c2cc1C. The van der Waals surface area contributed by atoms with Crippen molar-refractivity contribution in [3.63, 3.8) is 0 Å². The molecular weight excluding hydrogens is 449 g/mol. The Morgan fingerprint density at radius 1 is 1.15 bits per heavy atom. The molecule has 2 heterocycles. The van der Waals surface area contributed by atoms with E-state index in [-0.39, 0.29) is 11.8 Å². The van der Waals surface area contributed by atoms with Crippen LogP contribution in [-0.2, 0) is 23.8 Å². The fourth-order valence-electron chi connectivity index (χ4n) is 4.24. The van der Waals surface area contributed by atoms with Crippen LogP contribution in [0.25, 0.3) is 21.1 Å². The number of aromatic nitrogens is 1. The van der Waals surface area contributed by atoms with Gasteiger partial charge in [0.1, 0.15) is 0 Å². The van der Waals surface area contributed by atoms with Crippen LogP contribution < -0.4 is 4.90 Å². The van der Waals surface area contributed by atoms with Crippen LogP contribution in [0.4, 0.5) is 18.9 Å². The number of nitrogens with zero attached hydrogens (tertiary/aromatic N) is 2. The maximum atomic E-state index is 13.2. The minimum atomic E-state index is -4.36. The number of aryl methyl sites for hydroxylation is 3. The molecule has 0 fully saturated rings. The molecule has 0 spiro atoms. The molecule has 0 atom stereocenters. The Kier molecular flexibility index (Phi) is 5.99. The van der Waals surface area contributed by atoms with Gasteiger partial charge in [-0.05, 0) is 60.4 Å². The Balaban J connectivity index is 1.67. The molecule has 2 aromatic carbocycles. The van der Waals surface area contributed by atoms with Gasteiger partial charge in [0.25, 0.3) is 0 Å². The Labute approximate surface area is 194 Å². The van der Waals surface area contributed by atoms with E-state index in [1.165, 1.54) is 24.3 Å². The summed E-state index contributed by atoms with van der Waals surface area (Å²) >= 11 is 1.42. The van der Waals surface area contributed by atoms with Crippen molar-refractivity contribution < 1.29 is 22.5 Å². The third kappa shape index (κ3) is 4.36. The average Bonchev–Trinajstić information content (AvgIpc) is 3.30. The number of alkyl halides is 3. The Hall–Kier alpha value is -2.87. The third-order valence-electron chi connectivity index (χ3n) is 6.00. The molecule has 1 amide bonds. The summed E-state index contributed by atoms with van der Waals surface area (Å²) < 4.78 is 45.7. The second kappa shape index (κ2) is 8.48. The van der Waals surface area contributed by atoms with E-state index in [9.17, 15) is 18.0 Å². The van der Waals surface area contributed by atoms with Crippen LogP contribution in [0, 0.1) is 6.92 Å². The molecule has 0 saturated heterocycles. The van der Waals surface area contributed by atoms with E-state index in [4.69, 9.17) is 4.52 Å². The van der Waals surface area contributed by atoms with Gasteiger partial charge in [-0.2, -0.15) is 13.2 Å². The van der Waals surface area contributed by atoms with Crippen LogP contribution >= 0.6 is 11.3 Å². The highest BCUT2D eigenvalue weighted by Gasteiger charge is 2.31. The molecule has 174 valence electrons. The minimum absolute atomic E-state index is 0.0724. The van der Waals surface area contributed by atoms with Crippen molar-refractivity contribution >= 4 is 44.0 Å². The maximum absolute atomic E-state index is 13.2. The van der Waals surface area contributed by atoms with Crippen LogP contribution in [0.5, 0.6) is 0 Å². The molecule has 4 aromatic rings. The lowest BCUT2D eigenvalue weighted by Crippen LogP contribution is -2.23. The summed E-state index contributed by atoms with van der Waals surface area (Å²) in [5, 5.41) is 6.02. The molecule has 0 radical (unpaired) electrons. The molecule has 8 heteroatoms. The molecule has 0 aliphatic carbocycles. The van der Waals surface area contributed by atoms with Crippen molar-refractivity contribution in [2.45, 2.75) is 52.6 Å². The first-order valence-electron chi connectivity index (χ1n) is 10.7. The standard InChI is InChI=1S/C25H25F3N2O2S/c1-13(2)24-17-7-6-16(25(26,27)28)11-23(17)33-22(24)9-8-19-18-10-14(3)20(30(5)15(4)31)12-21(18)32-29-19/h6-7,10-13H,8-9H2,1-5H3. The first-order chi connectivity index (χ1) is 15.5. The van der Waals surface area contributed by atoms with Crippen LogP contribution in [0.15, 0.2) is 34.9 Å². The lowest BCUT2D eigenvalue weighted by atomic mass is 9.96. The number of thiophene rings is 1. The van der Waals surface area contributed by atoms with E-state index >= 15 is 0 Å². The molecule has 2 aromatic heterocycles. The Morgan fingerprint density at radius 2 is 1.88 bits per heavy atom. The third-order valence-corrected chi connectivity index (χ3v) is 7.22. The molecule has 0 aliphatic heterocycles. The van der Waals surface area contributed by atoms with Gasteiger partial charge < -0.3 is 9.42 Å². The van der Waals surface area contributed by atoms with Crippen molar-refractivity contribution in [3.8, 4) is 0 Å². The van der Waals surface area contributed by atoms with Crippen molar-refractivity contribution in [2.24, 2.45) is 0 Å². The normalized spacial score (nSPS) is 12.3. The van der Waals surface area contributed by atoms with E-state index in [0.29, 0.717) is 23.1 Å². The number of amides is 1. The van der Waals surface area contributed by atoms with Gasteiger partial charge in [0, 0.05) is 35.0 Å². The summed E-state index contributed by atoms with van der Waals surface area (Å²) in [5.41, 5.74) is 3.58. The fraction of sp³-hybridized carbons (Fsp3) is 0.360. The molecule has 4 nitrogen and oxygen atoms in total. The van der Waals surface area contributed by atoms with Crippen molar-refractivity contribution in [3.05, 3.63) is 57.6 Å². The van der Waals surface area contributed by atoms with E-state index in [1.54, 1.807) is 18.0 Å². The first kappa shape index (κ1) is 23.3. The largest absolute Gasteiger partial charge is 0.416 e. The zero-order chi connectivity index (χ0) is 24.1. The van der Waals surface area contributed by atoms with E-state index in [1.807, 2.05) is 19.1 Å². The Morgan fingerprint density at radius 3 is 2.52 bits per heavy atom. The van der Waals surface area contributed by atoms with Gasteiger partial charge >= 0.3 is 6.18 Å². The van der Waals surface area contributed by atoms with Gasteiger partial charge in [0.15, 0.2) is 5.58 Å². The summed E-state index contributed by atoms with van der Waals surface area (Å²) in [4.78, 5) is 14.4. The summed E-state index contributed by atoms with van der Waals surface area (Å²) in [6, 6.07) is 7.79. The lowest BCUT2D eigenvalue weighted by molar-refractivity contribution is -0.137. The summed E-state index contributed by atoms with van der Waals surface area (Å²) in [7, 11) is 1.72. The van der Waals surface area contributed by atoms with Gasteiger partial charge in [-0.15, -0.1) is 11.3 Å². The predicted molar refractivity (Wildman–Crippen MR) is 126 cm³/mol. The highest BCUT2D eigenvalue weighted by Crippen LogP contribution is 2.40. The molecule has 0 bridgehead atoms. The zero-order valence-electron chi connectivity index (χ0n) is 19.1. The van der Waals surface area contributed by atoms with Crippen LogP contribution in [0.2, 0.25) is 0 Å². The number of hydrogen-bond acceptors (Lipinski definition) is 4. The molecule has 0 unspecified atom stereocenters. The smallest absolute Gasteiger partial charge is 0.356 e. The summed E-state index contributed by atoms with van der Waals surface area (Å²) in [6.07, 6.45) is -3.10. The monoisotopic (exact) mass is 474 g/mol. The number of rotatable bonds is 5. The molecule has 4 rings (SSSR count). The highest BCUT2D eigenvalue weighted by atomic mass is 32.1.